The summed E-state index contributed by atoms with van der Waals surface area (Å²) in [5, 5.41) is 0. The number of likely N-dealkylation sites (tertiary alicyclic amines) is 1. The van der Waals surface area contributed by atoms with Crippen LogP contribution >= 0.6 is 0 Å². The van der Waals surface area contributed by atoms with E-state index in [1.165, 1.54) is 24.0 Å². The van der Waals surface area contributed by atoms with Gasteiger partial charge >= 0.3 is 16.1 Å². The fraction of sp³-hybridized carbons (Fsp3) is 0.429. The lowest BCUT2D eigenvalue weighted by atomic mass is 10.2. The molecule has 1 atom stereocenters. The summed E-state index contributed by atoms with van der Waals surface area (Å²) in [4.78, 5) is 24.7. The van der Waals surface area contributed by atoms with Gasteiger partial charge in [0.05, 0.1) is 0 Å². The third kappa shape index (κ3) is 3.41. The maximum absolute atomic E-state index is 12.0. The van der Waals surface area contributed by atoms with Crippen molar-refractivity contribution in [2.75, 3.05) is 6.54 Å². The molecule has 2 rings (SSSR count). The summed E-state index contributed by atoms with van der Waals surface area (Å²) in [6, 6.07) is 5.20. The van der Waals surface area contributed by atoms with Crippen molar-refractivity contribution in [3.8, 4) is 0 Å². The fourth-order valence-corrected chi connectivity index (χ4v) is 3.20. The molecule has 1 saturated heterocycles. The predicted molar refractivity (Wildman–Crippen MR) is 74.9 cm³/mol. The van der Waals surface area contributed by atoms with Crippen LogP contribution < -0.4 is 0 Å². The second-order valence-electron chi connectivity index (χ2n) is 5.04. The minimum absolute atomic E-state index is 0.0752. The first-order valence-corrected chi connectivity index (χ1v) is 8.04. The van der Waals surface area contributed by atoms with Crippen LogP contribution in [0.3, 0.4) is 0 Å². The van der Waals surface area contributed by atoms with Crippen molar-refractivity contribution in [1.82, 2.24) is 4.90 Å². The smallest absolute Gasteiger partial charge is 0.340 e. The highest BCUT2D eigenvalue weighted by molar-refractivity contribution is 7.87. The van der Waals surface area contributed by atoms with Gasteiger partial charge in [0.15, 0.2) is 0 Å². The highest BCUT2D eigenvalue weighted by atomic mass is 32.2. The topological polar surface area (TPSA) is 80.8 Å². The molecule has 1 aromatic rings. The molecular weight excluding hydrogens is 294 g/mol. The molecule has 0 aliphatic carbocycles. The van der Waals surface area contributed by atoms with E-state index in [4.69, 9.17) is 0 Å². The van der Waals surface area contributed by atoms with E-state index in [9.17, 15) is 18.0 Å². The van der Waals surface area contributed by atoms with E-state index in [0.717, 1.165) is 5.56 Å². The quantitative estimate of drug-likeness (QED) is 0.785. The highest BCUT2D eigenvalue weighted by Crippen LogP contribution is 2.21. The van der Waals surface area contributed by atoms with Gasteiger partial charge in [-0.15, -0.1) is 0 Å². The van der Waals surface area contributed by atoms with Crippen LogP contribution in [0.25, 0.3) is 0 Å². The van der Waals surface area contributed by atoms with E-state index >= 15 is 0 Å². The molecule has 6 nitrogen and oxygen atoms in total. The SMILES string of the molecule is CC(=O)N1CCC[C@H]1C(=O)OS(=O)(=O)c1ccc(C)cc1. The molecule has 7 heteroatoms. The van der Waals surface area contributed by atoms with Crippen molar-refractivity contribution in [2.24, 2.45) is 0 Å². The van der Waals surface area contributed by atoms with Crippen LogP contribution in [0.4, 0.5) is 0 Å². The molecule has 1 aromatic carbocycles. The second-order valence-corrected chi connectivity index (χ2v) is 6.59. The molecule has 1 heterocycles. The maximum Gasteiger partial charge on any atom is 0.344 e. The minimum Gasteiger partial charge on any atom is -0.340 e. The predicted octanol–water partition coefficient (Wildman–Crippen LogP) is 1.24. The number of amides is 1. The average Bonchev–Trinajstić information content (AvgIpc) is 2.88. The number of hydrogen-bond donors (Lipinski definition) is 0. The Labute approximate surface area is 123 Å². The molecule has 1 amide bonds. The Balaban J connectivity index is 2.15. The minimum atomic E-state index is -4.15. The molecule has 1 aliphatic heterocycles. The van der Waals surface area contributed by atoms with Crippen molar-refractivity contribution in [3.05, 3.63) is 29.8 Å². The van der Waals surface area contributed by atoms with Gasteiger partial charge in [0.1, 0.15) is 10.9 Å². The van der Waals surface area contributed by atoms with Crippen molar-refractivity contribution in [3.63, 3.8) is 0 Å². The van der Waals surface area contributed by atoms with E-state index in [1.807, 2.05) is 6.92 Å². The van der Waals surface area contributed by atoms with Crippen LogP contribution in [0, 0.1) is 6.92 Å². The van der Waals surface area contributed by atoms with Crippen LogP contribution in [0.2, 0.25) is 0 Å². The normalized spacial score (nSPS) is 18.6. The summed E-state index contributed by atoms with van der Waals surface area (Å²) in [6.45, 7) is 3.62. The summed E-state index contributed by atoms with van der Waals surface area (Å²) in [5.41, 5.74) is 0.902. The Morgan fingerprint density at radius 2 is 1.86 bits per heavy atom. The number of rotatable bonds is 3. The molecule has 1 fully saturated rings. The van der Waals surface area contributed by atoms with Gasteiger partial charge in [-0.1, -0.05) is 17.7 Å². The first kappa shape index (κ1) is 15.5. The van der Waals surface area contributed by atoms with Crippen molar-refractivity contribution in [1.29, 1.82) is 0 Å². The third-order valence-electron chi connectivity index (χ3n) is 3.43. The molecule has 0 saturated carbocycles. The van der Waals surface area contributed by atoms with E-state index in [1.54, 1.807) is 12.1 Å². The van der Waals surface area contributed by atoms with Crippen LogP contribution in [0.1, 0.15) is 25.3 Å². The molecule has 0 aromatic heterocycles. The number of hydrogen-bond acceptors (Lipinski definition) is 5. The van der Waals surface area contributed by atoms with Gasteiger partial charge in [0, 0.05) is 13.5 Å². The lowest BCUT2D eigenvalue weighted by Gasteiger charge is -2.21. The summed E-state index contributed by atoms with van der Waals surface area (Å²) < 4.78 is 28.7. The van der Waals surface area contributed by atoms with Gasteiger partial charge in [-0.25, -0.2) is 4.79 Å². The van der Waals surface area contributed by atoms with Crippen LogP contribution in [0.15, 0.2) is 29.2 Å². The largest absolute Gasteiger partial charge is 0.344 e. The Bertz CT molecular complexity index is 650. The number of carbonyl (C=O) groups excluding carboxylic acids is 2. The molecular formula is C14H17NO5S. The summed E-state index contributed by atoms with van der Waals surface area (Å²) in [6.07, 6.45) is 1.08. The molecule has 114 valence electrons. The van der Waals surface area contributed by atoms with Gasteiger partial charge in [-0.2, -0.15) is 8.42 Å². The summed E-state index contributed by atoms with van der Waals surface area (Å²) in [7, 11) is -4.15. The molecule has 0 bridgehead atoms. The fourth-order valence-electron chi connectivity index (χ4n) is 2.31. The van der Waals surface area contributed by atoms with E-state index in [-0.39, 0.29) is 10.8 Å². The highest BCUT2D eigenvalue weighted by Gasteiger charge is 2.36. The Morgan fingerprint density at radius 1 is 1.24 bits per heavy atom. The average molecular weight is 311 g/mol. The monoisotopic (exact) mass is 311 g/mol. The van der Waals surface area contributed by atoms with E-state index < -0.39 is 22.1 Å². The van der Waals surface area contributed by atoms with Crippen molar-refractivity contribution >= 4 is 22.0 Å². The van der Waals surface area contributed by atoms with Crippen LogP contribution in [-0.4, -0.2) is 37.8 Å². The zero-order valence-electron chi connectivity index (χ0n) is 11.9. The standard InChI is InChI=1S/C14H17NO5S/c1-10-5-7-12(8-6-10)21(18,19)20-14(17)13-4-3-9-15(13)11(2)16/h5-8,13H,3-4,9H2,1-2H3/t13-/m0/s1. The molecule has 0 spiro atoms. The first-order chi connectivity index (χ1) is 9.81. The molecule has 0 radical (unpaired) electrons. The van der Waals surface area contributed by atoms with Gasteiger partial charge in [-0.05, 0) is 31.9 Å². The lowest BCUT2D eigenvalue weighted by molar-refractivity contribution is -0.144. The zero-order chi connectivity index (χ0) is 15.6. The molecule has 0 N–H and O–H groups in total. The van der Waals surface area contributed by atoms with Crippen molar-refractivity contribution < 1.29 is 22.2 Å². The second kappa shape index (κ2) is 5.85. The van der Waals surface area contributed by atoms with E-state index in [0.29, 0.717) is 19.4 Å². The van der Waals surface area contributed by atoms with Crippen LogP contribution in [0.5, 0.6) is 0 Å². The van der Waals surface area contributed by atoms with Crippen LogP contribution in [-0.2, 0) is 23.9 Å². The number of carbonyl (C=O) groups is 2. The number of benzene rings is 1. The van der Waals surface area contributed by atoms with Gasteiger partial charge in [-0.3, -0.25) is 4.79 Å². The Kier molecular flexibility index (Phi) is 4.32. The maximum atomic E-state index is 12.0. The first-order valence-electron chi connectivity index (χ1n) is 6.63. The van der Waals surface area contributed by atoms with Gasteiger partial charge < -0.3 is 9.08 Å². The van der Waals surface area contributed by atoms with Crippen molar-refractivity contribution in [2.45, 2.75) is 37.6 Å². The van der Waals surface area contributed by atoms with Gasteiger partial charge in [0.2, 0.25) is 5.91 Å². The number of nitrogens with zero attached hydrogens (tertiary/aromatic N) is 1. The molecule has 0 unspecified atom stereocenters. The summed E-state index contributed by atoms with van der Waals surface area (Å²) in [5.74, 6) is -1.16. The Hall–Kier alpha value is -1.89. The summed E-state index contributed by atoms with van der Waals surface area (Å²) >= 11 is 0. The Morgan fingerprint density at radius 3 is 2.43 bits per heavy atom. The zero-order valence-corrected chi connectivity index (χ0v) is 12.7. The lowest BCUT2D eigenvalue weighted by Crippen LogP contribution is -2.40. The molecule has 21 heavy (non-hydrogen) atoms. The van der Waals surface area contributed by atoms with E-state index in [2.05, 4.69) is 4.18 Å². The number of aryl methyl sites for hydroxylation is 1. The van der Waals surface area contributed by atoms with Gasteiger partial charge in [0.25, 0.3) is 0 Å². The third-order valence-corrected chi connectivity index (χ3v) is 4.66. The molecule has 1 aliphatic rings.